The third-order valence-electron chi connectivity index (χ3n) is 4.07. The number of rotatable bonds is 8. The number of hydrogen-bond donors (Lipinski definition) is 2. The van der Waals surface area contributed by atoms with E-state index in [1.165, 1.54) is 18.3 Å². The number of benzene rings is 2. The summed E-state index contributed by atoms with van der Waals surface area (Å²) in [5.74, 6) is -0.404. The molecule has 0 radical (unpaired) electrons. The van der Waals surface area contributed by atoms with Crippen LogP contribution >= 0.6 is 0 Å². The van der Waals surface area contributed by atoms with Gasteiger partial charge in [0.1, 0.15) is 6.07 Å². The molecule has 152 valence electrons. The van der Waals surface area contributed by atoms with Crippen LogP contribution in [0.5, 0.6) is 0 Å². The highest BCUT2D eigenvalue weighted by Crippen LogP contribution is 2.24. The van der Waals surface area contributed by atoms with Crippen LogP contribution in [0.2, 0.25) is 0 Å². The monoisotopic (exact) mass is 413 g/mol. The first-order valence-electron chi connectivity index (χ1n) is 9.03. The molecule has 0 amide bonds. The molecule has 0 aromatic heterocycles. The maximum absolute atomic E-state index is 12.8. The Balaban J connectivity index is 2.09. The smallest absolute Gasteiger partial charge is 0.350 e. The molecule has 2 aromatic rings. The molecule has 29 heavy (non-hydrogen) atoms. The van der Waals surface area contributed by atoms with Crippen LogP contribution in [0.25, 0.3) is 0 Å². The molecule has 2 N–H and O–H groups in total. The largest absolute Gasteiger partial charge is 0.462 e. The van der Waals surface area contributed by atoms with Gasteiger partial charge in [-0.05, 0) is 54.8 Å². The number of hydrogen-bond acceptors (Lipinski definition) is 7. The van der Waals surface area contributed by atoms with Crippen molar-refractivity contribution in [2.75, 3.05) is 12.0 Å². The lowest BCUT2D eigenvalue weighted by molar-refractivity contribution is -0.138. The van der Waals surface area contributed by atoms with Gasteiger partial charge in [0.15, 0.2) is 5.57 Å². The van der Waals surface area contributed by atoms with Gasteiger partial charge in [0.25, 0.3) is 0 Å². The quantitative estimate of drug-likeness (QED) is 0.295. The molecule has 0 atom stereocenters. The number of hydrazine groups is 1. The van der Waals surface area contributed by atoms with Crippen molar-refractivity contribution >= 4 is 21.5 Å². The van der Waals surface area contributed by atoms with Gasteiger partial charge in [-0.1, -0.05) is 26.0 Å². The van der Waals surface area contributed by atoms with Gasteiger partial charge >= 0.3 is 5.97 Å². The minimum Gasteiger partial charge on any atom is -0.462 e. The van der Waals surface area contributed by atoms with Crippen LogP contribution in [-0.2, 0) is 19.4 Å². The number of nitriles is 1. The second kappa shape index (κ2) is 9.75. The zero-order valence-corrected chi connectivity index (χ0v) is 17.3. The Morgan fingerprint density at radius 2 is 1.66 bits per heavy atom. The van der Waals surface area contributed by atoms with Crippen molar-refractivity contribution in [2.24, 2.45) is 0 Å². The number of esters is 1. The molecule has 0 aliphatic heterocycles. The molecular weight excluding hydrogens is 390 g/mol. The minimum absolute atomic E-state index is 0.167. The molecule has 0 spiro atoms. The van der Waals surface area contributed by atoms with E-state index >= 15 is 0 Å². The molecule has 2 rings (SSSR count). The SMILES string of the molecule is CCOC(=O)/C(C#N)=C/NNc1ccc(S(=O)(=O)c2ccc(C(C)C)cc2)cc1. The number of ether oxygens (including phenoxy) is 1. The van der Waals surface area contributed by atoms with Crippen LogP contribution in [0.4, 0.5) is 5.69 Å². The van der Waals surface area contributed by atoms with Crippen LogP contribution < -0.4 is 10.9 Å². The number of nitrogens with zero attached hydrogens (tertiary/aromatic N) is 1. The summed E-state index contributed by atoms with van der Waals surface area (Å²) in [6, 6.07) is 14.7. The third-order valence-corrected chi connectivity index (χ3v) is 5.86. The minimum atomic E-state index is -3.62. The Kier molecular flexibility index (Phi) is 7.39. The fourth-order valence-corrected chi connectivity index (χ4v) is 3.68. The molecule has 0 fully saturated rings. The number of anilines is 1. The first kappa shape index (κ1) is 22.0. The van der Waals surface area contributed by atoms with Gasteiger partial charge in [-0.15, -0.1) is 0 Å². The van der Waals surface area contributed by atoms with Crippen molar-refractivity contribution in [2.45, 2.75) is 36.5 Å². The predicted octanol–water partition coefficient (Wildman–Crippen LogP) is 3.53. The Bertz CT molecular complexity index is 1020. The lowest BCUT2D eigenvalue weighted by Gasteiger charge is -2.10. The summed E-state index contributed by atoms with van der Waals surface area (Å²) < 4.78 is 30.3. The average Bonchev–Trinajstić information content (AvgIpc) is 2.71. The van der Waals surface area contributed by atoms with Gasteiger partial charge in [0.2, 0.25) is 9.84 Å². The van der Waals surface area contributed by atoms with E-state index in [0.717, 1.165) is 5.56 Å². The first-order valence-corrected chi connectivity index (χ1v) is 10.5. The first-order chi connectivity index (χ1) is 13.8. The van der Waals surface area contributed by atoms with Gasteiger partial charge in [-0.2, -0.15) is 5.26 Å². The summed E-state index contributed by atoms with van der Waals surface area (Å²) in [4.78, 5) is 11.9. The van der Waals surface area contributed by atoms with Crippen molar-refractivity contribution in [3.05, 3.63) is 65.9 Å². The van der Waals surface area contributed by atoms with Gasteiger partial charge in [-0.25, -0.2) is 13.2 Å². The second-order valence-electron chi connectivity index (χ2n) is 6.41. The number of nitrogens with one attached hydrogen (secondary N) is 2. The van der Waals surface area contributed by atoms with Crippen molar-refractivity contribution in [1.82, 2.24) is 5.43 Å². The van der Waals surface area contributed by atoms with Crippen molar-refractivity contribution in [3.8, 4) is 6.07 Å². The van der Waals surface area contributed by atoms with Crippen molar-refractivity contribution < 1.29 is 17.9 Å². The Morgan fingerprint density at radius 3 is 2.14 bits per heavy atom. The fraction of sp³-hybridized carbons (Fsp3) is 0.238. The summed E-state index contributed by atoms with van der Waals surface area (Å²) >= 11 is 0. The Labute approximate surface area is 170 Å². The van der Waals surface area contributed by atoms with Gasteiger partial charge in [0, 0.05) is 6.20 Å². The van der Waals surface area contributed by atoms with Crippen molar-refractivity contribution in [1.29, 1.82) is 5.26 Å². The van der Waals surface area contributed by atoms with E-state index in [-0.39, 0.29) is 22.0 Å². The van der Waals surface area contributed by atoms with Gasteiger partial charge < -0.3 is 15.6 Å². The average molecular weight is 413 g/mol. The summed E-state index contributed by atoms with van der Waals surface area (Å²) in [5, 5.41) is 8.95. The van der Waals surface area contributed by atoms with Gasteiger partial charge in [-0.3, -0.25) is 0 Å². The second-order valence-corrected chi connectivity index (χ2v) is 8.36. The third kappa shape index (κ3) is 5.59. The van der Waals surface area contributed by atoms with Crippen molar-refractivity contribution in [3.63, 3.8) is 0 Å². The lowest BCUT2D eigenvalue weighted by Crippen LogP contribution is -2.18. The highest BCUT2D eigenvalue weighted by atomic mass is 32.2. The number of sulfone groups is 1. The highest BCUT2D eigenvalue weighted by molar-refractivity contribution is 7.91. The van der Waals surface area contributed by atoms with Gasteiger partial charge in [0.05, 0.1) is 22.1 Å². The summed E-state index contributed by atoms with van der Waals surface area (Å²) in [7, 11) is -3.62. The van der Waals surface area contributed by atoms with E-state index in [1.807, 2.05) is 26.0 Å². The van der Waals surface area contributed by atoms with Crippen LogP contribution in [0.1, 0.15) is 32.3 Å². The summed E-state index contributed by atoms with van der Waals surface area (Å²) in [6.45, 7) is 5.91. The van der Waals surface area contributed by atoms with E-state index in [4.69, 9.17) is 10.00 Å². The van der Waals surface area contributed by atoms with Crippen LogP contribution in [0.3, 0.4) is 0 Å². The molecule has 0 aliphatic carbocycles. The number of carbonyl (C=O) groups excluding carboxylic acids is 1. The van der Waals surface area contributed by atoms with E-state index in [1.54, 1.807) is 37.3 Å². The highest BCUT2D eigenvalue weighted by Gasteiger charge is 2.17. The fourth-order valence-electron chi connectivity index (χ4n) is 2.42. The molecule has 8 heteroatoms. The maximum Gasteiger partial charge on any atom is 0.350 e. The molecule has 2 aromatic carbocycles. The Hall–Kier alpha value is -3.31. The van der Waals surface area contributed by atoms with E-state index < -0.39 is 15.8 Å². The topological polar surface area (TPSA) is 108 Å². The molecule has 7 nitrogen and oxygen atoms in total. The molecular formula is C21H23N3O4S. The number of carbonyl (C=O) groups is 1. The van der Waals surface area contributed by atoms with Crippen LogP contribution in [-0.4, -0.2) is 21.0 Å². The van der Waals surface area contributed by atoms with Crippen LogP contribution in [0, 0.1) is 11.3 Å². The van der Waals surface area contributed by atoms with E-state index in [0.29, 0.717) is 11.6 Å². The lowest BCUT2D eigenvalue weighted by atomic mass is 10.0. The molecule has 0 unspecified atom stereocenters. The normalized spacial score (nSPS) is 11.6. The predicted molar refractivity (Wildman–Crippen MR) is 110 cm³/mol. The Morgan fingerprint density at radius 1 is 1.10 bits per heavy atom. The summed E-state index contributed by atoms with van der Waals surface area (Å²) in [5.41, 5.74) is 6.81. The molecule has 0 saturated carbocycles. The molecule has 0 aliphatic rings. The zero-order chi connectivity index (χ0) is 21.4. The standard InChI is InChI=1S/C21H23N3O4S/c1-4-28-21(25)17(13-22)14-23-24-18-7-11-20(12-8-18)29(26,27)19-9-5-16(6-10-19)15(2)3/h5-12,14-15,23-24H,4H2,1-3H3/b17-14+. The molecule has 0 heterocycles. The van der Waals surface area contributed by atoms with Crippen LogP contribution in [0.15, 0.2) is 70.1 Å². The summed E-state index contributed by atoms with van der Waals surface area (Å²) in [6.07, 6.45) is 1.18. The zero-order valence-electron chi connectivity index (χ0n) is 16.5. The maximum atomic E-state index is 12.8. The molecule has 0 saturated heterocycles. The van der Waals surface area contributed by atoms with E-state index in [9.17, 15) is 13.2 Å². The van der Waals surface area contributed by atoms with E-state index in [2.05, 4.69) is 10.9 Å². The molecule has 0 bridgehead atoms.